The number of rotatable bonds is 9. The van der Waals surface area contributed by atoms with Crippen LogP contribution in [0, 0.1) is 5.92 Å². The van der Waals surface area contributed by atoms with Gasteiger partial charge in [0, 0.05) is 5.56 Å². The Morgan fingerprint density at radius 1 is 0.976 bits per heavy atom. The van der Waals surface area contributed by atoms with E-state index >= 15 is 0 Å². The van der Waals surface area contributed by atoms with E-state index in [1.165, 1.54) is 16.9 Å². The number of benzene rings is 3. The molecule has 7 heteroatoms. The summed E-state index contributed by atoms with van der Waals surface area (Å²) in [5, 5.41) is 0. The minimum Gasteiger partial charge on any atom is -0.493 e. The molecule has 0 spiro atoms. The molecule has 2 heterocycles. The Balaban J connectivity index is 1.70. The van der Waals surface area contributed by atoms with Crippen molar-refractivity contribution in [1.82, 2.24) is 4.57 Å². The van der Waals surface area contributed by atoms with Gasteiger partial charge in [0.2, 0.25) is 0 Å². The number of thiazole rings is 1. The van der Waals surface area contributed by atoms with E-state index in [4.69, 9.17) is 14.5 Å². The van der Waals surface area contributed by atoms with Crippen molar-refractivity contribution in [2.45, 2.75) is 46.6 Å². The van der Waals surface area contributed by atoms with Crippen molar-refractivity contribution < 1.29 is 14.3 Å². The Hall–Kier alpha value is -4.23. The average molecular weight is 581 g/mol. The fourth-order valence-corrected chi connectivity index (χ4v) is 5.89. The highest BCUT2D eigenvalue weighted by Gasteiger charge is 2.35. The van der Waals surface area contributed by atoms with Crippen LogP contribution >= 0.6 is 11.3 Å². The summed E-state index contributed by atoms with van der Waals surface area (Å²) < 4.78 is 13.5. The molecule has 4 aromatic rings. The van der Waals surface area contributed by atoms with Gasteiger partial charge < -0.3 is 9.47 Å². The zero-order chi connectivity index (χ0) is 29.8. The van der Waals surface area contributed by atoms with Crippen LogP contribution in [0.2, 0.25) is 0 Å². The van der Waals surface area contributed by atoms with Crippen LogP contribution in [0.4, 0.5) is 0 Å². The molecule has 0 fully saturated rings. The van der Waals surface area contributed by atoms with Crippen LogP contribution in [-0.2, 0) is 9.53 Å². The highest BCUT2D eigenvalue weighted by molar-refractivity contribution is 7.07. The van der Waals surface area contributed by atoms with Gasteiger partial charge in [-0.25, -0.2) is 9.79 Å². The third-order valence-corrected chi connectivity index (χ3v) is 8.04. The van der Waals surface area contributed by atoms with Gasteiger partial charge in [-0.05, 0) is 53.7 Å². The molecule has 0 saturated heterocycles. The van der Waals surface area contributed by atoms with E-state index in [1.54, 1.807) is 11.5 Å². The second-order valence-electron chi connectivity index (χ2n) is 11.0. The standard InChI is InChI=1S/C35H36N2O4S/c1-6-40-34(39)30-31(26-10-8-7-9-11-26)36-35-37(32(30)27-16-14-25(15-17-27)23(4)5)33(38)29(42-35)20-24-12-18-28(19-13-24)41-21-22(2)3/h7-20,22-23,32H,6,21H2,1-5H3/b29-20+/t32-/m0/s1. The summed E-state index contributed by atoms with van der Waals surface area (Å²) in [6.45, 7) is 11.1. The van der Waals surface area contributed by atoms with Crippen molar-refractivity contribution in [3.05, 3.63) is 126 Å². The van der Waals surface area contributed by atoms with Crippen LogP contribution in [0.25, 0.3) is 11.8 Å². The SMILES string of the molecule is CCOC(=O)C1=C(c2ccccc2)N=c2s/c(=C/c3ccc(OCC(C)C)cc3)c(=O)n2[C@H]1c1ccc(C(C)C)cc1. The monoisotopic (exact) mass is 580 g/mol. The molecule has 6 nitrogen and oxygen atoms in total. The molecule has 1 aliphatic heterocycles. The predicted octanol–water partition coefficient (Wildman–Crippen LogP) is 6.09. The number of esters is 1. The van der Waals surface area contributed by atoms with Gasteiger partial charge >= 0.3 is 5.97 Å². The zero-order valence-electron chi connectivity index (χ0n) is 24.7. The van der Waals surface area contributed by atoms with Crippen molar-refractivity contribution in [3.8, 4) is 5.75 Å². The first kappa shape index (κ1) is 29.3. The molecule has 216 valence electrons. The molecular weight excluding hydrogens is 544 g/mol. The number of carbonyl (C=O) groups excluding carboxylic acids is 1. The largest absolute Gasteiger partial charge is 0.493 e. The molecular formula is C35H36N2O4S. The summed E-state index contributed by atoms with van der Waals surface area (Å²) in [4.78, 5) is 33.1. The molecule has 0 aliphatic carbocycles. The summed E-state index contributed by atoms with van der Waals surface area (Å²) in [6.07, 6.45) is 1.87. The smallest absolute Gasteiger partial charge is 0.338 e. The van der Waals surface area contributed by atoms with Gasteiger partial charge in [0.25, 0.3) is 5.56 Å². The molecule has 0 bridgehead atoms. The van der Waals surface area contributed by atoms with Gasteiger partial charge in [-0.15, -0.1) is 0 Å². The lowest BCUT2D eigenvalue weighted by Crippen LogP contribution is -2.40. The summed E-state index contributed by atoms with van der Waals surface area (Å²) in [6, 6.07) is 24.7. The maximum absolute atomic E-state index is 14.1. The molecule has 42 heavy (non-hydrogen) atoms. The van der Waals surface area contributed by atoms with Gasteiger partial charge in [-0.1, -0.05) is 106 Å². The Morgan fingerprint density at radius 2 is 1.67 bits per heavy atom. The molecule has 0 saturated carbocycles. The maximum Gasteiger partial charge on any atom is 0.338 e. The third kappa shape index (κ3) is 6.16. The van der Waals surface area contributed by atoms with Crippen molar-refractivity contribution in [1.29, 1.82) is 0 Å². The minimum atomic E-state index is -0.689. The van der Waals surface area contributed by atoms with Gasteiger partial charge in [-0.2, -0.15) is 0 Å². The molecule has 0 radical (unpaired) electrons. The average Bonchev–Trinajstić information content (AvgIpc) is 3.30. The molecule has 1 atom stereocenters. The van der Waals surface area contributed by atoms with Crippen molar-refractivity contribution in [2.75, 3.05) is 13.2 Å². The number of aromatic nitrogens is 1. The van der Waals surface area contributed by atoms with Gasteiger partial charge in [-0.3, -0.25) is 9.36 Å². The highest BCUT2D eigenvalue weighted by atomic mass is 32.1. The number of carbonyl (C=O) groups is 1. The first-order chi connectivity index (χ1) is 20.3. The van der Waals surface area contributed by atoms with E-state index in [-0.39, 0.29) is 12.2 Å². The normalized spacial score (nSPS) is 15.1. The van der Waals surface area contributed by atoms with Gasteiger partial charge in [0.05, 0.1) is 35.1 Å². The Morgan fingerprint density at radius 3 is 2.29 bits per heavy atom. The van der Waals surface area contributed by atoms with Crippen molar-refractivity contribution >= 4 is 29.1 Å². The van der Waals surface area contributed by atoms with E-state index in [2.05, 4.69) is 39.8 Å². The lowest BCUT2D eigenvalue weighted by Gasteiger charge is -2.26. The molecule has 0 unspecified atom stereocenters. The molecule has 3 aromatic carbocycles. The Bertz CT molecular complexity index is 1760. The molecule has 5 rings (SSSR count). The highest BCUT2D eigenvalue weighted by Crippen LogP contribution is 2.35. The van der Waals surface area contributed by atoms with Crippen LogP contribution < -0.4 is 19.6 Å². The van der Waals surface area contributed by atoms with E-state index in [0.29, 0.717) is 39.0 Å². The summed E-state index contributed by atoms with van der Waals surface area (Å²) in [5.41, 5.74) is 4.34. The third-order valence-electron chi connectivity index (χ3n) is 7.05. The Kier molecular flexibility index (Phi) is 8.88. The van der Waals surface area contributed by atoms with Crippen molar-refractivity contribution in [3.63, 3.8) is 0 Å². The fraction of sp³-hybridized carbons (Fsp3) is 0.286. The van der Waals surface area contributed by atoms with Crippen molar-refractivity contribution in [2.24, 2.45) is 10.9 Å². The molecule has 1 aliphatic rings. The summed E-state index contributed by atoms with van der Waals surface area (Å²) >= 11 is 1.32. The first-order valence-corrected chi connectivity index (χ1v) is 15.2. The maximum atomic E-state index is 14.1. The summed E-state index contributed by atoms with van der Waals surface area (Å²) in [5.74, 6) is 1.09. The Labute approximate surface area is 250 Å². The van der Waals surface area contributed by atoms with Crippen LogP contribution in [0.5, 0.6) is 5.75 Å². The topological polar surface area (TPSA) is 69.9 Å². The molecule has 0 N–H and O–H groups in total. The number of hydrogen-bond acceptors (Lipinski definition) is 6. The number of hydrogen-bond donors (Lipinski definition) is 0. The van der Waals surface area contributed by atoms with E-state index in [1.807, 2.05) is 72.8 Å². The quantitative estimate of drug-likeness (QED) is 0.225. The number of ether oxygens (including phenoxy) is 2. The zero-order valence-corrected chi connectivity index (χ0v) is 25.5. The van der Waals surface area contributed by atoms with Crippen LogP contribution in [0.3, 0.4) is 0 Å². The minimum absolute atomic E-state index is 0.203. The molecule has 1 aromatic heterocycles. The summed E-state index contributed by atoms with van der Waals surface area (Å²) in [7, 11) is 0. The lowest BCUT2D eigenvalue weighted by atomic mass is 9.91. The predicted molar refractivity (Wildman–Crippen MR) is 168 cm³/mol. The van der Waals surface area contributed by atoms with E-state index in [9.17, 15) is 9.59 Å². The van der Waals surface area contributed by atoms with Gasteiger partial charge in [0.15, 0.2) is 4.80 Å². The second kappa shape index (κ2) is 12.7. The number of nitrogens with zero attached hydrogens (tertiary/aromatic N) is 2. The second-order valence-corrected chi connectivity index (χ2v) is 12.0. The lowest BCUT2D eigenvalue weighted by molar-refractivity contribution is -0.138. The first-order valence-electron chi connectivity index (χ1n) is 14.4. The van der Waals surface area contributed by atoms with E-state index in [0.717, 1.165) is 22.4 Å². The van der Waals surface area contributed by atoms with E-state index < -0.39 is 12.0 Å². The molecule has 0 amide bonds. The van der Waals surface area contributed by atoms with Crippen LogP contribution in [-0.4, -0.2) is 23.8 Å². The number of fused-ring (bicyclic) bond motifs is 1. The van der Waals surface area contributed by atoms with Crippen LogP contribution in [0.15, 0.2) is 94.2 Å². The van der Waals surface area contributed by atoms with Gasteiger partial charge in [0.1, 0.15) is 5.75 Å². The van der Waals surface area contributed by atoms with Crippen LogP contribution in [0.1, 0.15) is 68.8 Å². The fourth-order valence-electron chi connectivity index (χ4n) is 4.89.